The van der Waals surface area contributed by atoms with E-state index < -0.39 is 33.3 Å². The molecule has 0 bridgehead atoms. The molecular formula is C25H32ClN5O5S. The van der Waals surface area contributed by atoms with Gasteiger partial charge in [-0.3, -0.25) is 14.4 Å². The Balaban J connectivity index is 1.98. The quantitative estimate of drug-likeness (QED) is 0.390. The van der Waals surface area contributed by atoms with Crippen molar-refractivity contribution in [2.75, 3.05) is 25.5 Å². The van der Waals surface area contributed by atoms with Crippen molar-refractivity contribution >= 4 is 45.2 Å². The van der Waals surface area contributed by atoms with Crippen LogP contribution in [0.1, 0.15) is 67.4 Å². The lowest BCUT2D eigenvalue weighted by Crippen LogP contribution is -2.68. The maximum atomic E-state index is 13.9. The van der Waals surface area contributed by atoms with Crippen molar-refractivity contribution < 1.29 is 22.8 Å². The Morgan fingerprint density at radius 1 is 1.19 bits per heavy atom. The largest absolute Gasteiger partial charge is 0.355 e. The highest BCUT2D eigenvalue weighted by atomic mass is 35.5. The molecule has 3 rings (SSSR count). The van der Waals surface area contributed by atoms with Gasteiger partial charge in [0.2, 0.25) is 11.8 Å². The number of aromatic nitrogens is 1. The predicted octanol–water partition coefficient (Wildman–Crippen LogP) is 2.96. The maximum absolute atomic E-state index is 13.9. The number of amides is 3. The molecule has 1 fully saturated rings. The van der Waals surface area contributed by atoms with Gasteiger partial charge in [0.15, 0.2) is 0 Å². The summed E-state index contributed by atoms with van der Waals surface area (Å²) < 4.78 is 29.0. The van der Waals surface area contributed by atoms with Crippen LogP contribution >= 0.6 is 11.6 Å². The topological polar surface area (TPSA) is 138 Å². The molecule has 0 atom stereocenters. The lowest BCUT2D eigenvalue weighted by Gasteiger charge is -2.48. The zero-order chi connectivity index (χ0) is 27.4. The smallest absolute Gasteiger partial charge is 0.303 e. The number of carbonyl (C=O) groups is 3. The van der Waals surface area contributed by atoms with E-state index in [1.165, 1.54) is 19.3 Å². The number of carbonyl (C=O) groups excluding carboxylic acids is 3. The number of hydrogen-bond donors (Lipinski definition) is 3. The first-order valence-electron chi connectivity index (χ1n) is 12.0. The van der Waals surface area contributed by atoms with Gasteiger partial charge in [-0.1, -0.05) is 63.1 Å². The summed E-state index contributed by atoms with van der Waals surface area (Å²) in [4.78, 5) is 42.4. The first kappa shape index (κ1) is 28.5. The number of rotatable bonds is 10. The van der Waals surface area contributed by atoms with E-state index in [9.17, 15) is 22.8 Å². The molecule has 3 amide bonds. The Kier molecular flexibility index (Phi) is 8.93. The second kappa shape index (κ2) is 11.6. The number of nitrogens with one attached hydrogen (secondary N) is 3. The Hall–Kier alpha value is -3.02. The fourth-order valence-electron chi connectivity index (χ4n) is 4.29. The van der Waals surface area contributed by atoms with Gasteiger partial charge in [-0.25, -0.2) is 9.71 Å². The van der Waals surface area contributed by atoms with Gasteiger partial charge < -0.3 is 10.6 Å². The Morgan fingerprint density at radius 2 is 1.86 bits per heavy atom. The van der Waals surface area contributed by atoms with Gasteiger partial charge in [0, 0.05) is 26.6 Å². The van der Waals surface area contributed by atoms with Crippen LogP contribution in [-0.2, 0) is 25.2 Å². The zero-order valence-corrected chi connectivity index (χ0v) is 22.9. The van der Waals surface area contributed by atoms with Crippen LogP contribution in [0.5, 0.6) is 0 Å². The summed E-state index contributed by atoms with van der Waals surface area (Å²) in [7, 11) is -2.69. The summed E-state index contributed by atoms with van der Waals surface area (Å²) >= 11 is 5.97. The highest BCUT2D eigenvalue weighted by Gasteiger charge is 2.55. The summed E-state index contributed by atoms with van der Waals surface area (Å²) in [6, 6.07) is 8.70. The van der Waals surface area contributed by atoms with Crippen molar-refractivity contribution in [3.63, 3.8) is 0 Å². The number of pyridine rings is 1. The highest BCUT2D eigenvalue weighted by Crippen LogP contribution is 2.41. The first-order valence-corrected chi connectivity index (χ1v) is 13.9. The Morgan fingerprint density at radius 3 is 2.49 bits per heavy atom. The van der Waals surface area contributed by atoms with E-state index in [0.717, 1.165) is 16.3 Å². The predicted molar refractivity (Wildman–Crippen MR) is 142 cm³/mol. The number of unbranched alkanes of at least 4 members (excludes halogenated alkanes) is 1. The van der Waals surface area contributed by atoms with Gasteiger partial charge in [-0.15, -0.1) is 0 Å². The number of benzene rings is 1. The summed E-state index contributed by atoms with van der Waals surface area (Å²) in [5.41, 5.74) is 0.568. The van der Waals surface area contributed by atoms with Crippen LogP contribution in [0.25, 0.3) is 0 Å². The maximum Gasteiger partial charge on any atom is 0.303 e. The van der Waals surface area contributed by atoms with Crippen molar-refractivity contribution in [2.24, 2.45) is 0 Å². The molecule has 12 heteroatoms. The van der Waals surface area contributed by atoms with Gasteiger partial charge >= 0.3 is 10.2 Å². The Bertz CT molecular complexity index is 1290. The van der Waals surface area contributed by atoms with Gasteiger partial charge in [-0.2, -0.15) is 12.7 Å². The first-order chi connectivity index (χ1) is 17.4. The number of halogens is 1. The van der Waals surface area contributed by atoms with Crippen LogP contribution in [0.4, 0.5) is 5.69 Å². The molecule has 1 saturated heterocycles. The summed E-state index contributed by atoms with van der Waals surface area (Å²) in [5.74, 6) is -1.50. The lowest BCUT2D eigenvalue weighted by atomic mass is 9.71. The fraction of sp³-hybridized carbons (Fsp3) is 0.440. The molecule has 37 heavy (non-hydrogen) atoms. The van der Waals surface area contributed by atoms with Gasteiger partial charge in [0.25, 0.3) is 5.91 Å². The number of nitrogens with zero attached hydrogens (tertiary/aromatic N) is 2. The van der Waals surface area contributed by atoms with Gasteiger partial charge in [0.1, 0.15) is 10.6 Å². The van der Waals surface area contributed by atoms with Crippen molar-refractivity contribution in [3.8, 4) is 0 Å². The van der Waals surface area contributed by atoms with Crippen LogP contribution in [0.2, 0.25) is 5.15 Å². The van der Waals surface area contributed by atoms with E-state index in [0.29, 0.717) is 12.0 Å². The van der Waals surface area contributed by atoms with Crippen LogP contribution in [-0.4, -0.2) is 55.6 Å². The molecule has 0 radical (unpaired) electrons. The molecule has 1 aliphatic heterocycles. The van der Waals surface area contributed by atoms with Gasteiger partial charge in [0.05, 0.1) is 17.4 Å². The van der Waals surface area contributed by atoms with E-state index >= 15 is 0 Å². The molecule has 1 aliphatic rings. The van der Waals surface area contributed by atoms with Crippen molar-refractivity contribution in [1.82, 2.24) is 19.3 Å². The van der Waals surface area contributed by atoms with E-state index in [-0.39, 0.29) is 41.8 Å². The highest BCUT2D eigenvalue weighted by molar-refractivity contribution is 7.87. The SMILES string of the molecule is CCCCC(=O)NS(=O)(=O)N1CC(C(=O)Nc2cnc(Cl)cc2C(=O)NC)(c2ccccc2C(C)C)C1. The Labute approximate surface area is 222 Å². The van der Waals surface area contributed by atoms with Crippen molar-refractivity contribution in [3.05, 3.63) is 58.4 Å². The lowest BCUT2D eigenvalue weighted by molar-refractivity contribution is -0.125. The molecular weight excluding hydrogens is 518 g/mol. The molecule has 3 N–H and O–H groups in total. The number of hydrogen-bond acceptors (Lipinski definition) is 6. The van der Waals surface area contributed by atoms with E-state index in [1.54, 1.807) is 12.1 Å². The second-order valence-corrected chi connectivity index (χ2v) is 11.4. The molecule has 1 aromatic carbocycles. The minimum Gasteiger partial charge on any atom is -0.355 e. The summed E-state index contributed by atoms with van der Waals surface area (Å²) in [6.07, 6.45) is 2.70. The molecule has 10 nitrogen and oxygen atoms in total. The average molecular weight is 550 g/mol. The third-order valence-corrected chi connectivity index (χ3v) is 7.99. The van der Waals surface area contributed by atoms with E-state index in [1.807, 2.05) is 32.9 Å². The van der Waals surface area contributed by atoms with Crippen LogP contribution in [0.3, 0.4) is 0 Å². The monoisotopic (exact) mass is 549 g/mol. The summed E-state index contributed by atoms with van der Waals surface area (Å²) in [6.45, 7) is 5.50. The molecule has 200 valence electrons. The minimum absolute atomic E-state index is 0.0545. The van der Waals surface area contributed by atoms with Crippen LogP contribution < -0.4 is 15.4 Å². The normalized spacial score (nSPS) is 15.1. The van der Waals surface area contributed by atoms with Crippen LogP contribution in [0, 0.1) is 0 Å². The molecule has 2 aromatic rings. The third-order valence-electron chi connectivity index (χ3n) is 6.36. The molecule has 2 heterocycles. The molecule has 0 saturated carbocycles. The molecule has 1 aromatic heterocycles. The van der Waals surface area contributed by atoms with E-state index in [2.05, 4.69) is 20.3 Å². The third kappa shape index (κ3) is 6.11. The van der Waals surface area contributed by atoms with E-state index in [4.69, 9.17) is 11.6 Å². The van der Waals surface area contributed by atoms with Crippen LogP contribution in [0.15, 0.2) is 36.5 Å². The molecule has 0 aliphatic carbocycles. The second-order valence-electron chi connectivity index (χ2n) is 9.31. The number of anilines is 1. The van der Waals surface area contributed by atoms with Crippen molar-refractivity contribution in [2.45, 2.75) is 51.4 Å². The molecule has 0 unspecified atom stereocenters. The molecule has 0 spiro atoms. The zero-order valence-electron chi connectivity index (χ0n) is 21.3. The summed E-state index contributed by atoms with van der Waals surface area (Å²) in [5, 5.41) is 5.35. The van der Waals surface area contributed by atoms with Crippen molar-refractivity contribution in [1.29, 1.82) is 0 Å². The van der Waals surface area contributed by atoms with Gasteiger partial charge in [-0.05, 0) is 29.5 Å². The standard InChI is InChI=1S/C25H32ClN5O5S/c1-5-6-11-22(32)30-37(35,36)31-14-25(15-31,19-10-8-7-9-17(19)16(2)3)24(34)29-20-13-28-21(26)12-18(20)23(33)27-4/h7-10,12-13,16H,5-6,11,14-15H2,1-4H3,(H,27,33)(H,29,34)(H,30,32). The average Bonchev–Trinajstić information content (AvgIpc) is 2.82. The fourth-order valence-corrected chi connectivity index (χ4v) is 5.75. The minimum atomic E-state index is -4.14.